The summed E-state index contributed by atoms with van der Waals surface area (Å²) < 4.78 is 5.15. The fourth-order valence-corrected chi connectivity index (χ4v) is 2.74. The number of amides is 1. The molecule has 0 saturated carbocycles. The molecule has 0 N–H and O–H groups in total. The van der Waals surface area contributed by atoms with Crippen molar-refractivity contribution in [1.82, 2.24) is 4.90 Å². The van der Waals surface area contributed by atoms with E-state index in [4.69, 9.17) is 27.9 Å². The summed E-state index contributed by atoms with van der Waals surface area (Å²) in [5.41, 5.74) is 0.966. The number of hydrogen-bond acceptors (Lipinski definition) is 3. The molecule has 1 aliphatic heterocycles. The topological polar surface area (TPSA) is 32.8 Å². The van der Waals surface area contributed by atoms with Crippen LogP contribution in [0.25, 0.3) is 0 Å². The molecule has 1 aromatic carbocycles. The molecule has 4 nitrogen and oxygen atoms in total. The zero-order valence-electron chi connectivity index (χ0n) is 11.4. The first-order chi connectivity index (χ1) is 9.61. The van der Waals surface area contributed by atoms with Gasteiger partial charge in [-0.25, -0.2) is 0 Å². The average Bonchev–Trinajstić information content (AvgIpc) is 2.45. The van der Waals surface area contributed by atoms with Crippen LogP contribution in [0.5, 0.6) is 0 Å². The number of carbonyl (C=O) groups is 1. The third kappa shape index (κ3) is 3.78. The van der Waals surface area contributed by atoms with Crippen LogP contribution in [0.4, 0.5) is 5.69 Å². The summed E-state index contributed by atoms with van der Waals surface area (Å²) in [5.74, 6) is 0.0497. The average molecular weight is 317 g/mol. The second-order valence-corrected chi connectivity index (χ2v) is 5.44. The molecule has 0 aromatic heterocycles. The van der Waals surface area contributed by atoms with Crippen LogP contribution in [0.3, 0.4) is 0 Å². The first-order valence-electron chi connectivity index (χ1n) is 6.67. The summed E-state index contributed by atoms with van der Waals surface area (Å²) in [7, 11) is 0. The van der Waals surface area contributed by atoms with Crippen molar-refractivity contribution in [3.63, 3.8) is 0 Å². The molecule has 1 amide bonds. The zero-order valence-corrected chi connectivity index (χ0v) is 13.0. The molecule has 110 valence electrons. The number of piperazine rings is 1. The van der Waals surface area contributed by atoms with E-state index in [1.54, 1.807) is 6.07 Å². The van der Waals surface area contributed by atoms with Crippen LogP contribution < -0.4 is 4.90 Å². The Hall–Kier alpha value is -0.970. The Morgan fingerprint density at radius 3 is 2.55 bits per heavy atom. The van der Waals surface area contributed by atoms with Gasteiger partial charge in [0.25, 0.3) is 0 Å². The van der Waals surface area contributed by atoms with Crippen molar-refractivity contribution in [2.45, 2.75) is 6.92 Å². The van der Waals surface area contributed by atoms with Crippen molar-refractivity contribution < 1.29 is 9.53 Å². The van der Waals surface area contributed by atoms with Crippen molar-refractivity contribution in [3.05, 3.63) is 28.2 Å². The number of anilines is 1. The van der Waals surface area contributed by atoms with Gasteiger partial charge in [0.05, 0.1) is 10.7 Å². The summed E-state index contributed by atoms with van der Waals surface area (Å²) in [6.07, 6.45) is 0. The quantitative estimate of drug-likeness (QED) is 0.856. The maximum Gasteiger partial charge on any atom is 0.248 e. The maximum absolute atomic E-state index is 11.9. The Balaban J connectivity index is 1.92. The Bertz CT molecular complexity index is 474. The van der Waals surface area contributed by atoms with Crippen LogP contribution in [0.15, 0.2) is 18.2 Å². The van der Waals surface area contributed by atoms with E-state index in [0.29, 0.717) is 29.7 Å². The minimum atomic E-state index is 0.0497. The molecular weight excluding hydrogens is 299 g/mol. The fourth-order valence-electron chi connectivity index (χ4n) is 2.22. The predicted octanol–water partition coefficient (Wildman–Crippen LogP) is 2.68. The van der Waals surface area contributed by atoms with Crippen molar-refractivity contribution in [2.24, 2.45) is 0 Å². The number of hydrogen-bond donors (Lipinski definition) is 0. The Kier molecular flexibility index (Phi) is 5.52. The fraction of sp³-hybridized carbons (Fsp3) is 0.500. The highest BCUT2D eigenvalue weighted by molar-refractivity contribution is 6.36. The van der Waals surface area contributed by atoms with Crippen molar-refractivity contribution in [2.75, 3.05) is 44.3 Å². The van der Waals surface area contributed by atoms with E-state index in [-0.39, 0.29) is 12.5 Å². The number of halogens is 2. The molecular formula is C14H18Cl2N2O2. The molecule has 0 bridgehead atoms. The Morgan fingerprint density at radius 1 is 1.25 bits per heavy atom. The van der Waals surface area contributed by atoms with E-state index in [9.17, 15) is 4.79 Å². The van der Waals surface area contributed by atoms with Gasteiger partial charge in [0.15, 0.2) is 0 Å². The molecule has 1 fully saturated rings. The van der Waals surface area contributed by atoms with Gasteiger partial charge in [-0.15, -0.1) is 0 Å². The highest BCUT2D eigenvalue weighted by Gasteiger charge is 2.22. The summed E-state index contributed by atoms with van der Waals surface area (Å²) in [6.45, 7) is 5.51. The molecule has 20 heavy (non-hydrogen) atoms. The molecule has 0 radical (unpaired) electrons. The van der Waals surface area contributed by atoms with Gasteiger partial charge in [0.2, 0.25) is 5.91 Å². The Labute approximate surface area is 129 Å². The molecule has 0 aliphatic carbocycles. The normalized spacial score (nSPS) is 15.6. The standard InChI is InChI=1S/C14H18Cl2N2O2/c1-2-20-10-14(19)18-7-5-17(6-8-18)13-4-3-11(15)9-12(13)16/h3-4,9H,2,5-8,10H2,1H3. The number of benzene rings is 1. The number of rotatable bonds is 4. The third-order valence-electron chi connectivity index (χ3n) is 3.31. The van der Waals surface area contributed by atoms with Gasteiger partial charge in [-0.3, -0.25) is 4.79 Å². The third-order valence-corrected chi connectivity index (χ3v) is 3.85. The highest BCUT2D eigenvalue weighted by Crippen LogP contribution is 2.29. The van der Waals surface area contributed by atoms with Crippen LogP contribution in [0.2, 0.25) is 10.0 Å². The second-order valence-electron chi connectivity index (χ2n) is 4.60. The van der Waals surface area contributed by atoms with E-state index < -0.39 is 0 Å². The van der Waals surface area contributed by atoms with Gasteiger partial charge in [0.1, 0.15) is 6.61 Å². The van der Waals surface area contributed by atoms with Crippen molar-refractivity contribution in [3.8, 4) is 0 Å². The molecule has 1 saturated heterocycles. The Morgan fingerprint density at radius 2 is 1.95 bits per heavy atom. The predicted molar refractivity (Wildman–Crippen MR) is 81.7 cm³/mol. The van der Waals surface area contributed by atoms with Crippen molar-refractivity contribution >= 4 is 34.8 Å². The minimum Gasteiger partial charge on any atom is -0.372 e. The van der Waals surface area contributed by atoms with Gasteiger partial charge < -0.3 is 14.5 Å². The number of nitrogens with zero attached hydrogens (tertiary/aromatic N) is 2. The van der Waals surface area contributed by atoms with E-state index >= 15 is 0 Å². The van der Waals surface area contributed by atoms with Gasteiger partial charge in [0, 0.05) is 37.8 Å². The molecule has 0 spiro atoms. The van der Waals surface area contributed by atoms with Gasteiger partial charge >= 0.3 is 0 Å². The minimum absolute atomic E-state index is 0.0497. The van der Waals surface area contributed by atoms with Crippen LogP contribution in [0.1, 0.15) is 6.92 Å². The first-order valence-corrected chi connectivity index (χ1v) is 7.43. The first kappa shape index (κ1) is 15.4. The molecule has 1 heterocycles. The molecule has 0 unspecified atom stereocenters. The summed E-state index contributed by atoms with van der Waals surface area (Å²) >= 11 is 12.1. The van der Waals surface area contributed by atoms with Crippen LogP contribution >= 0.6 is 23.2 Å². The molecule has 0 atom stereocenters. The second kappa shape index (κ2) is 7.16. The lowest BCUT2D eigenvalue weighted by Crippen LogP contribution is -2.49. The summed E-state index contributed by atoms with van der Waals surface area (Å²) in [5, 5.41) is 1.27. The molecule has 2 rings (SSSR count). The molecule has 1 aromatic rings. The lowest BCUT2D eigenvalue weighted by atomic mass is 10.2. The van der Waals surface area contributed by atoms with Crippen LogP contribution in [-0.4, -0.2) is 50.2 Å². The number of ether oxygens (including phenoxy) is 1. The van der Waals surface area contributed by atoms with Gasteiger partial charge in [-0.1, -0.05) is 23.2 Å². The molecule has 6 heteroatoms. The van der Waals surface area contributed by atoms with Gasteiger partial charge in [-0.2, -0.15) is 0 Å². The van der Waals surface area contributed by atoms with E-state index in [1.165, 1.54) is 0 Å². The highest BCUT2D eigenvalue weighted by atomic mass is 35.5. The zero-order chi connectivity index (χ0) is 14.5. The monoisotopic (exact) mass is 316 g/mol. The lowest BCUT2D eigenvalue weighted by molar-refractivity contribution is -0.136. The lowest BCUT2D eigenvalue weighted by Gasteiger charge is -2.36. The van der Waals surface area contributed by atoms with Crippen LogP contribution in [0, 0.1) is 0 Å². The maximum atomic E-state index is 11.9. The van der Waals surface area contributed by atoms with E-state index in [2.05, 4.69) is 4.90 Å². The van der Waals surface area contributed by atoms with Crippen LogP contribution in [-0.2, 0) is 9.53 Å². The van der Waals surface area contributed by atoms with Crippen molar-refractivity contribution in [1.29, 1.82) is 0 Å². The summed E-state index contributed by atoms with van der Waals surface area (Å²) in [6, 6.07) is 5.49. The largest absolute Gasteiger partial charge is 0.372 e. The van der Waals surface area contributed by atoms with Gasteiger partial charge in [-0.05, 0) is 25.1 Å². The number of carbonyl (C=O) groups excluding carboxylic acids is 1. The summed E-state index contributed by atoms with van der Waals surface area (Å²) in [4.78, 5) is 15.8. The van der Waals surface area contributed by atoms with E-state index in [0.717, 1.165) is 18.8 Å². The SMILES string of the molecule is CCOCC(=O)N1CCN(c2ccc(Cl)cc2Cl)CC1. The van der Waals surface area contributed by atoms with E-state index in [1.807, 2.05) is 24.0 Å². The smallest absolute Gasteiger partial charge is 0.248 e. The molecule has 1 aliphatic rings.